The molecule has 0 atom stereocenters. The number of rotatable bonds is 6. The summed E-state index contributed by atoms with van der Waals surface area (Å²) in [7, 11) is -2.29. The van der Waals surface area contributed by atoms with E-state index in [-0.39, 0.29) is 0 Å². The summed E-state index contributed by atoms with van der Waals surface area (Å²) in [5.41, 5.74) is 3.76. The minimum absolute atomic E-state index is 0.799. The molecule has 5 aromatic rings. The SMILES string of the molecule is Cc1ccc(N=Nc2ccc(N=P(c3ccccc3)(c3ccccc3)c3ccccc3)cc2)cc1. The Balaban J connectivity index is 1.62. The number of benzene rings is 5. The summed E-state index contributed by atoms with van der Waals surface area (Å²) in [4.78, 5) is 0. The second-order valence-electron chi connectivity index (χ2n) is 8.29. The zero-order chi connectivity index (χ0) is 23.9. The second-order valence-corrected chi connectivity index (χ2v) is 11.3. The summed E-state index contributed by atoms with van der Waals surface area (Å²) in [5.74, 6) is 0. The Morgan fingerprint density at radius 1 is 0.400 bits per heavy atom. The molecule has 0 bridgehead atoms. The van der Waals surface area contributed by atoms with Crippen molar-refractivity contribution >= 4 is 40.0 Å². The molecule has 0 fully saturated rings. The van der Waals surface area contributed by atoms with Crippen LogP contribution in [0.2, 0.25) is 0 Å². The van der Waals surface area contributed by atoms with Crippen molar-refractivity contribution in [1.82, 2.24) is 0 Å². The van der Waals surface area contributed by atoms with Crippen molar-refractivity contribution in [2.45, 2.75) is 6.92 Å². The normalized spacial score (nSPS) is 11.5. The van der Waals surface area contributed by atoms with E-state index < -0.39 is 7.05 Å². The molecule has 0 saturated heterocycles. The molecule has 5 rings (SSSR count). The molecule has 4 heteroatoms. The molecule has 0 aliphatic rings. The topological polar surface area (TPSA) is 37.1 Å². The van der Waals surface area contributed by atoms with Gasteiger partial charge in [-0.1, -0.05) is 109 Å². The van der Waals surface area contributed by atoms with E-state index in [1.165, 1.54) is 21.5 Å². The largest absolute Gasteiger partial charge is 0.254 e. The average molecular weight is 472 g/mol. The molecule has 0 heterocycles. The summed E-state index contributed by atoms with van der Waals surface area (Å²) in [5, 5.41) is 12.4. The Labute approximate surface area is 206 Å². The second kappa shape index (κ2) is 10.5. The van der Waals surface area contributed by atoms with Crippen LogP contribution >= 0.6 is 7.05 Å². The minimum atomic E-state index is -2.29. The monoisotopic (exact) mass is 471 g/mol. The smallest absolute Gasteiger partial charge is 0.0858 e. The number of nitrogens with zero attached hydrogens (tertiary/aromatic N) is 3. The van der Waals surface area contributed by atoms with Gasteiger partial charge in [0, 0.05) is 15.9 Å². The average Bonchev–Trinajstić information content (AvgIpc) is 2.93. The third-order valence-electron chi connectivity index (χ3n) is 5.82. The van der Waals surface area contributed by atoms with Crippen molar-refractivity contribution in [3.05, 3.63) is 145 Å². The predicted molar refractivity (Wildman–Crippen MR) is 149 cm³/mol. The molecule has 0 unspecified atom stereocenters. The first-order valence-electron chi connectivity index (χ1n) is 11.6. The Bertz CT molecular complexity index is 1360. The maximum Gasteiger partial charge on any atom is 0.0858 e. The van der Waals surface area contributed by atoms with E-state index in [0.29, 0.717) is 0 Å². The number of hydrogen-bond acceptors (Lipinski definition) is 3. The lowest BCUT2D eigenvalue weighted by molar-refractivity contribution is 1.23. The maximum absolute atomic E-state index is 5.51. The van der Waals surface area contributed by atoms with Crippen LogP contribution in [0.15, 0.2) is 154 Å². The van der Waals surface area contributed by atoms with Gasteiger partial charge in [-0.3, -0.25) is 4.74 Å². The molecule has 0 aromatic heterocycles. The highest BCUT2D eigenvalue weighted by molar-refractivity contribution is 7.87. The van der Waals surface area contributed by atoms with Gasteiger partial charge in [-0.05, 0) is 43.3 Å². The molecule has 0 aliphatic heterocycles. The van der Waals surface area contributed by atoms with Crippen LogP contribution in [0, 0.1) is 6.92 Å². The summed E-state index contributed by atoms with van der Waals surface area (Å²) < 4.78 is 5.51. The maximum atomic E-state index is 5.51. The number of hydrogen-bond donors (Lipinski definition) is 0. The first-order valence-corrected chi connectivity index (χ1v) is 13.4. The molecular formula is C31H26N3P. The predicted octanol–water partition coefficient (Wildman–Crippen LogP) is 8.22. The third-order valence-corrected chi connectivity index (χ3v) is 9.49. The van der Waals surface area contributed by atoms with Gasteiger partial charge in [0.2, 0.25) is 0 Å². The quantitative estimate of drug-likeness (QED) is 0.177. The molecule has 3 nitrogen and oxygen atoms in total. The Morgan fingerprint density at radius 3 is 1.14 bits per heavy atom. The van der Waals surface area contributed by atoms with Gasteiger partial charge in [0.25, 0.3) is 0 Å². The summed E-state index contributed by atoms with van der Waals surface area (Å²) in [6.07, 6.45) is 0. The van der Waals surface area contributed by atoms with E-state index in [0.717, 1.165) is 17.1 Å². The van der Waals surface area contributed by atoms with Crippen molar-refractivity contribution in [3.8, 4) is 0 Å². The fraction of sp³-hybridized carbons (Fsp3) is 0.0323. The number of azo groups is 1. The molecule has 0 N–H and O–H groups in total. The Kier molecular flexibility index (Phi) is 6.79. The Morgan fingerprint density at radius 2 is 0.743 bits per heavy atom. The van der Waals surface area contributed by atoms with Crippen molar-refractivity contribution < 1.29 is 0 Å². The van der Waals surface area contributed by atoms with E-state index in [1.54, 1.807) is 0 Å². The lowest BCUT2D eigenvalue weighted by Gasteiger charge is -2.27. The molecule has 0 aliphatic carbocycles. The van der Waals surface area contributed by atoms with Gasteiger partial charge in [0.05, 0.1) is 24.1 Å². The van der Waals surface area contributed by atoms with E-state index in [2.05, 4.69) is 108 Å². The van der Waals surface area contributed by atoms with Crippen LogP contribution in [0.3, 0.4) is 0 Å². The van der Waals surface area contributed by atoms with Gasteiger partial charge in [-0.2, -0.15) is 10.2 Å². The molecule has 35 heavy (non-hydrogen) atoms. The lowest BCUT2D eigenvalue weighted by Crippen LogP contribution is -2.25. The van der Waals surface area contributed by atoms with Gasteiger partial charge >= 0.3 is 0 Å². The molecule has 0 saturated carbocycles. The lowest BCUT2D eigenvalue weighted by atomic mass is 10.2. The zero-order valence-electron chi connectivity index (χ0n) is 19.6. The third kappa shape index (κ3) is 5.06. The van der Waals surface area contributed by atoms with Crippen LogP contribution in [0.1, 0.15) is 5.56 Å². The van der Waals surface area contributed by atoms with Crippen molar-refractivity contribution in [2.75, 3.05) is 0 Å². The standard InChI is InChI=1S/C31H26N3P/c1-25-17-19-26(20-18-25)32-33-27-21-23-28(24-22-27)34-35(29-11-5-2-6-12-29,30-13-7-3-8-14-30)31-15-9-4-10-16-31/h2-24H,1H3. The fourth-order valence-electron chi connectivity index (χ4n) is 4.04. The van der Waals surface area contributed by atoms with Crippen LogP contribution in [0.25, 0.3) is 0 Å². The van der Waals surface area contributed by atoms with Crippen LogP contribution in [0.4, 0.5) is 17.1 Å². The summed E-state index contributed by atoms with van der Waals surface area (Å²) in [6.45, 7) is 2.06. The molecule has 0 spiro atoms. The van der Waals surface area contributed by atoms with Crippen LogP contribution in [-0.4, -0.2) is 0 Å². The molecule has 170 valence electrons. The zero-order valence-corrected chi connectivity index (χ0v) is 20.5. The van der Waals surface area contributed by atoms with Crippen molar-refractivity contribution in [1.29, 1.82) is 0 Å². The van der Waals surface area contributed by atoms with Gasteiger partial charge in [0.1, 0.15) is 0 Å². The van der Waals surface area contributed by atoms with Crippen LogP contribution < -0.4 is 15.9 Å². The summed E-state index contributed by atoms with van der Waals surface area (Å²) in [6, 6.07) is 48.0. The van der Waals surface area contributed by atoms with Crippen molar-refractivity contribution in [2.24, 2.45) is 15.0 Å². The molecular weight excluding hydrogens is 445 g/mol. The first kappa shape index (κ1) is 22.7. The molecule has 5 aromatic carbocycles. The first-order chi connectivity index (χ1) is 17.2. The van der Waals surface area contributed by atoms with E-state index in [9.17, 15) is 0 Å². The van der Waals surface area contributed by atoms with E-state index >= 15 is 0 Å². The van der Waals surface area contributed by atoms with E-state index in [4.69, 9.17) is 4.74 Å². The fourth-order valence-corrected chi connectivity index (χ4v) is 7.57. The van der Waals surface area contributed by atoms with E-state index in [1.807, 2.05) is 48.5 Å². The highest BCUT2D eigenvalue weighted by Crippen LogP contribution is 2.49. The van der Waals surface area contributed by atoms with Crippen molar-refractivity contribution in [3.63, 3.8) is 0 Å². The van der Waals surface area contributed by atoms with Gasteiger partial charge < -0.3 is 0 Å². The molecule has 0 radical (unpaired) electrons. The highest BCUT2D eigenvalue weighted by atomic mass is 31.2. The Hall–Kier alpha value is -4.07. The van der Waals surface area contributed by atoms with Crippen LogP contribution in [0.5, 0.6) is 0 Å². The highest BCUT2D eigenvalue weighted by Gasteiger charge is 2.27. The summed E-state index contributed by atoms with van der Waals surface area (Å²) >= 11 is 0. The number of aryl methyl sites for hydroxylation is 1. The van der Waals surface area contributed by atoms with Gasteiger partial charge in [0.15, 0.2) is 0 Å². The minimum Gasteiger partial charge on any atom is -0.254 e. The van der Waals surface area contributed by atoms with Crippen LogP contribution in [-0.2, 0) is 0 Å². The van der Waals surface area contributed by atoms with Gasteiger partial charge in [-0.15, -0.1) is 0 Å². The van der Waals surface area contributed by atoms with Gasteiger partial charge in [-0.25, -0.2) is 0 Å². The molecule has 0 amide bonds.